The predicted molar refractivity (Wildman–Crippen MR) is 186 cm³/mol. The van der Waals surface area contributed by atoms with Crippen molar-refractivity contribution in [3.63, 3.8) is 0 Å². The molecule has 2 rings (SSSR count). The van der Waals surface area contributed by atoms with Gasteiger partial charge in [0.1, 0.15) is 0 Å². The Morgan fingerprint density at radius 1 is 0.561 bits per heavy atom. The minimum absolute atomic E-state index is 0.673. The Bertz CT molecular complexity index is 1130. The molecule has 0 bridgehead atoms. The third-order valence-electron chi connectivity index (χ3n) is 7.07. The molecule has 0 N–H and O–H groups in total. The van der Waals surface area contributed by atoms with Crippen LogP contribution in [0, 0.1) is 11.3 Å². The average molecular weight is 646 g/mol. The highest BCUT2D eigenvalue weighted by atomic mass is 28.5. The maximum Gasteiger partial charge on any atom is 0.314 e. The second kappa shape index (κ2) is 15.0. The van der Waals surface area contributed by atoms with Gasteiger partial charge in [-0.3, -0.25) is 0 Å². The minimum Gasteiger partial charge on any atom is -0.436 e. The summed E-state index contributed by atoms with van der Waals surface area (Å²) < 4.78 is 27.3. The summed E-state index contributed by atoms with van der Waals surface area (Å²) in [7, 11) is -11.4. The first-order chi connectivity index (χ1) is 18.9. The van der Waals surface area contributed by atoms with Crippen LogP contribution in [-0.4, -0.2) is 42.3 Å². The summed E-state index contributed by atoms with van der Waals surface area (Å²) in [4.78, 5) is 0. The molecule has 0 unspecified atom stereocenters. The molecule has 0 aliphatic rings. The van der Waals surface area contributed by atoms with Gasteiger partial charge < -0.3 is 16.5 Å². The number of hydrogen-bond donors (Lipinski definition) is 0. The Labute approximate surface area is 256 Å². The van der Waals surface area contributed by atoms with Gasteiger partial charge in [0.2, 0.25) is 8.32 Å². The smallest absolute Gasteiger partial charge is 0.314 e. The molecule has 2 aromatic carbocycles. The molecule has 2 aromatic rings. The van der Waals surface area contributed by atoms with Crippen LogP contribution in [0.25, 0.3) is 11.1 Å². The highest BCUT2D eigenvalue weighted by Crippen LogP contribution is 2.28. The fourth-order valence-corrected chi connectivity index (χ4v) is 30.1. The van der Waals surface area contributed by atoms with Gasteiger partial charge in [0.25, 0.3) is 0 Å². The molecule has 228 valence electrons. The van der Waals surface area contributed by atoms with Crippen LogP contribution in [0.2, 0.25) is 71.5 Å². The zero-order valence-corrected chi connectivity index (χ0v) is 32.6. The summed E-state index contributed by atoms with van der Waals surface area (Å²) >= 11 is 0. The first-order valence-electron chi connectivity index (χ1n) is 15.3. The normalized spacial score (nSPS) is 13.3. The molecule has 0 saturated carbocycles. The molecule has 0 heterocycles. The van der Waals surface area contributed by atoms with Crippen LogP contribution in [0.15, 0.2) is 48.5 Å². The Morgan fingerprint density at radius 2 is 1.00 bits per heavy atom. The largest absolute Gasteiger partial charge is 0.436 e. The van der Waals surface area contributed by atoms with Gasteiger partial charge >= 0.3 is 25.7 Å². The monoisotopic (exact) mass is 645 g/mol. The number of unbranched alkanes of at least 4 members (excludes halogenated alkanes) is 5. The van der Waals surface area contributed by atoms with Crippen molar-refractivity contribution in [2.24, 2.45) is 0 Å². The molecule has 0 saturated heterocycles. The van der Waals surface area contributed by atoms with Crippen molar-refractivity contribution in [3.8, 4) is 17.2 Å². The van der Waals surface area contributed by atoms with Crippen molar-refractivity contribution < 1.29 is 16.5 Å². The number of rotatable bonds is 17. The van der Waals surface area contributed by atoms with Crippen molar-refractivity contribution >= 4 is 47.5 Å². The van der Waals surface area contributed by atoms with E-state index >= 15 is 0 Å². The third kappa shape index (κ3) is 12.9. The summed E-state index contributed by atoms with van der Waals surface area (Å²) in [5.41, 5.74) is 2.91. The standard InChI is InChI=1S/C31H55NO4Si5/c1-12-13-14-15-16-17-26-37(2,3)33-39(6,7)35-41(10,11)36-40(8,9)34-38(4,5)31-24-22-30(23-25-31)29-20-18-28(27-32)19-21-29/h18-25H,12-17,26H2,1-11H3. The van der Waals surface area contributed by atoms with Gasteiger partial charge in [-0.2, -0.15) is 5.26 Å². The van der Waals surface area contributed by atoms with Crippen LogP contribution >= 0.6 is 0 Å². The van der Waals surface area contributed by atoms with E-state index in [1.54, 1.807) is 0 Å². The summed E-state index contributed by atoms with van der Waals surface area (Å²) in [5, 5.41) is 10.3. The Hall–Kier alpha value is -1.15. The fraction of sp³-hybridized carbons (Fsp3) is 0.581. The zero-order valence-electron chi connectivity index (χ0n) is 27.6. The molecule has 41 heavy (non-hydrogen) atoms. The van der Waals surface area contributed by atoms with Gasteiger partial charge in [-0.15, -0.1) is 0 Å². The van der Waals surface area contributed by atoms with Crippen LogP contribution in [0.1, 0.15) is 51.0 Å². The molecule has 10 heteroatoms. The highest BCUT2D eigenvalue weighted by molar-refractivity contribution is 6.94. The van der Waals surface area contributed by atoms with E-state index in [0.29, 0.717) is 5.56 Å². The van der Waals surface area contributed by atoms with Crippen LogP contribution in [0.3, 0.4) is 0 Å². The maximum atomic E-state index is 9.07. The average Bonchev–Trinajstić information content (AvgIpc) is 2.83. The van der Waals surface area contributed by atoms with E-state index in [0.717, 1.165) is 11.1 Å². The topological polar surface area (TPSA) is 60.7 Å². The highest BCUT2D eigenvalue weighted by Gasteiger charge is 2.46. The molecule has 0 fully saturated rings. The Kier molecular flexibility index (Phi) is 13.2. The van der Waals surface area contributed by atoms with E-state index < -0.39 is 42.3 Å². The SMILES string of the molecule is CCCCCCCC[Si](C)(C)O[Si](C)(C)O[Si](C)(C)O[Si](C)(C)O[Si](C)(C)c1ccc(-c2ccc(C#N)cc2)cc1. The molecule has 0 aromatic heterocycles. The Balaban J connectivity index is 1.98. The van der Waals surface area contributed by atoms with E-state index in [1.165, 1.54) is 49.8 Å². The lowest BCUT2D eigenvalue weighted by Gasteiger charge is -2.42. The molecule has 0 amide bonds. The van der Waals surface area contributed by atoms with E-state index in [2.05, 4.69) is 103 Å². The first kappa shape index (κ1) is 36.0. The van der Waals surface area contributed by atoms with E-state index in [4.69, 9.17) is 21.7 Å². The molecule has 5 nitrogen and oxygen atoms in total. The maximum absolute atomic E-state index is 9.07. The first-order valence-corrected chi connectivity index (χ1v) is 29.8. The molecule has 0 aliphatic heterocycles. The summed E-state index contributed by atoms with van der Waals surface area (Å²) in [6.07, 6.45) is 7.89. The van der Waals surface area contributed by atoms with E-state index in [1.807, 2.05) is 24.3 Å². The minimum atomic E-state index is -2.49. The number of hydrogen-bond acceptors (Lipinski definition) is 5. The van der Waals surface area contributed by atoms with Crippen molar-refractivity contribution in [2.45, 2.75) is 117 Å². The third-order valence-corrected chi connectivity index (χ3v) is 26.4. The fourth-order valence-electron chi connectivity index (χ4n) is 5.77. The number of benzene rings is 2. The lowest BCUT2D eigenvalue weighted by atomic mass is 10.0. The summed E-state index contributed by atoms with van der Waals surface area (Å²) in [6.45, 7) is 24.4. The lowest BCUT2D eigenvalue weighted by Crippen LogP contribution is -2.60. The van der Waals surface area contributed by atoms with Crippen LogP contribution in [0.4, 0.5) is 0 Å². The molecule has 0 atom stereocenters. The van der Waals surface area contributed by atoms with Gasteiger partial charge in [0.15, 0.2) is 8.32 Å². The van der Waals surface area contributed by atoms with E-state index in [9.17, 15) is 0 Å². The van der Waals surface area contributed by atoms with E-state index in [-0.39, 0.29) is 0 Å². The summed E-state index contributed by atoms with van der Waals surface area (Å²) in [5.74, 6) is 0. The van der Waals surface area contributed by atoms with Gasteiger partial charge in [0.05, 0.1) is 11.6 Å². The Morgan fingerprint density at radius 3 is 1.51 bits per heavy atom. The van der Waals surface area contributed by atoms with Crippen molar-refractivity contribution in [1.29, 1.82) is 5.26 Å². The van der Waals surface area contributed by atoms with Crippen molar-refractivity contribution in [3.05, 3.63) is 54.1 Å². The second-order valence-corrected chi connectivity index (χ2v) is 32.9. The lowest BCUT2D eigenvalue weighted by molar-refractivity contribution is 0.299. The van der Waals surface area contributed by atoms with Crippen molar-refractivity contribution in [1.82, 2.24) is 0 Å². The van der Waals surface area contributed by atoms with Crippen LogP contribution in [-0.2, 0) is 16.5 Å². The quantitative estimate of drug-likeness (QED) is 0.127. The molecule has 0 radical (unpaired) electrons. The van der Waals surface area contributed by atoms with Crippen LogP contribution < -0.4 is 5.19 Å². The molecular weight excluding hydrogens is 591 g/mol. The second-order valence-electron chi connectivity index (χ2n) is 13.7. The number of nitrogens with zero attached hydrogens (tertiary/aromatic N) is 1. The molecular formula is C31H55NO4Si5. The van der Waals surface area contributed by atoms with Gasteiger partial charge in [-0.1, -0.05) is 81.8 Å². The van der Waals surface area contributed by atoms with Crippen molar-refractivity contribution in [2.75, 3.05) is 0 Å². The van der Waals surface area contributed by atoms with Gasteiger partial charge in [-0.25, -0.2) is 0 Å². The van der Waals surface area contributed by atoms with Crippen LogP contribution in [0.5, 0.6) is 0 Å². The zero-order chi connectivity index (χ0) is 31.0. The molecule has 0 spiro atoms. The summed E-state index contributed by atoms with van der Waals surface area (Å²) in [6, 6.07) is 19.7. The van der Waals surface area contributed by atoms with Gasteiger partial charge in [-0.05, 0) is 100.0 Å². The number of nitriles is 1. The van der Waals surface area contributed by atoms with Gasteiger partial charge in [0, 0.05) is 0 Å². The molecule has 0 aliphatic carbocycles. The predicted octanol–water partition coefficient (Wildman–Crippen LogP) is 9.37.